The fraction of sp³-hybridized carbons (Fsp3) is 0.348. The number of imidazole rings is 1. The van der Waals surface area contributed by atoms with Gasteiger partial charge in [-0.15, -0.1) is 0 Å². The normalized spacial score (nSPS) is 13.2. The first-order valence-electron chi connectivity index (χ1n) is 11.1. The van der Waals surface area contributed by atoms with Gasteiger partial charge in [-0.1, -0.05) is 44.2 Å². The van der Waals surface area contributed by atoms with Crippen molar-refractivity contribution in [1.82, 2.24) is 29.5 Å². The lowest BCUT2D eigenvalue weighted by Crippen LogP contribution is -2.48. The average Bonchev–Trinajstić information content (AvgIpc) is 3.27. The summed E-state index contributed by atoms with van der Waals surface area (Å²) in [7, 11) is 0. The van der Waals surface area contributed by atoms with E-state index in [1.165, 1.54) is 10.9 Å². The molecule has 0 radical (unpaired) electrons. The molecule has 0 unspecified atom stereocenters. The first kappa shape index (κ1) is 23.8. The van der Waals surface area contributed by atoms with Crippen LogP contribution in [0, 0.1) is 5.92 Å². The van der Waals surface area contributed by atoms with Gasteiger partial charge in [-0.25, -0.2) is 14.3 Å². The highest BCUT2D eigenvalue weighted by molar-refractivity contribution is 5.92. The van der Waals surface area contributed by atoms with Gasteiger partial charge in [0.15, 0.2) is 11.2 Å². The molecular formula is C23H26N6O6. The Morgan fingerprint density at radius 1 is 1.09 bits per heavy atom. The molecule has 3 heterocycles. The first-order chi connectivity index (χ1) is 16.8. The topological polar surface area (TPSA) is 138 Å². The van der Waals surface area contributed by atoms with Crippen molar-refractivity contribution >= 4 is 23.0 Å². The highest BCUT2D eigenvalue weighted by atomic mass is 16.6. The van der Waals surface area contributed by atoms with Crippen LogP contribution >= 0.6 is 0 Å². The van der Waals surface area contributed by atoms with Crippen molar-refractivity contribution in [3.8, 4) is 0 Å². The predicted octanol–water partition coefficient (Wildman–Crippen LogP) is 0.0996. The molecule has 4 rings (SSSR count). The lowest BCUT2D eigenvalue weighted by molar-refractivity contribution is -0.129. The largest absolute Gasteiger partial charge is 0.494 e. The number of hydrazine groups is 1. The second-order valence-electron chi connectivity index (χ2n) is 8.41. The molecule has 2 amide bonds. The van der Waals surface area contributed by atoms with E-state index < -0.39 is 29.6 Å². The number of carbonyl (C=O) groups excluding carboxylic acids is 2. The maximum atomic E-state index is 13.3. The minimum atomic E-state index is -0.768. The molecule has 184 valence electrons. The van der Waals surface area contributed by atoms with Crippen molar-refractivity contribution in [3.05, 3.63) is 75.1 Å². The number of hydrogen-bond acceptors (Lipinski definition) is 7. The standard InChI is InChI=1S/C23H26N6O6/c1-15(2)10-27-14-24-20-19(27)22(32)29(23(33)28(20)11-16-6-4-3-5-7-16)12-18(30)25-26-21(31)17-13-34-8-9-35-17/h3-7,13-15H,8-12H2,1-2H3,(H,25,30)(H,26,31). The number of fused-ring (bicyclic) bond motifs is 1. The Balaban J connectivity index is 1.66. The lowest BCUT2D eigenvalue weighted by atomic mass is 10.2. The summed E-state index contributed by atoms with van der Waals surface area (Å²) < 4.78 is 14.0. The third-order valence-electron chi connectivity index (χ3n) is 5.22. The van der Waals surface area contributed by atoms with Crippen LogP contribution in [-0.4, -0.2) is 43.7 Å². The molecule has 0 spiro atoms. The first-order valence-corrected chi connectivity index (χ1v) is 11.1. The molecular weight excluding hydrogens is 456 g/mol. The zero-order chi connectivity index (χ0) is 24.9. The van der Waals surface area contributed by atoms with Crippen LogP contribution < -0.4 is 22.1 Å². The molecule has 0 fully saturated rings. The number of carbonyl (C=O) groups is 2. The molecule has 0 saturated heterocycles. The molecule has 12 heteroatoms. The fourth-order valence-corrected chi connectivity index (χ4v) is 3.68. The van der Waals surface area contributed by atoms with Gasteiger partial charge in [0.05, 0.1) is 12.9 Å². The van der Waals surface area contributed by atoms with Crippen molar-refractivity contribution in [3.63, 3.8) is 0 Å². The molecule has 0 saturated carbocycles. The number of benzene rings is 1. The van der Waals surface area contributed by atoms with Crippen LogP contribution in [0.3, 0.4) is 0 Å². The van der Waals surface area contributed by atoms with E-state index >= 15 is 0 Å². The minimum Gasteiger partial charge on any atom is -0.494 e. The van der Waals surface area contributed by atoms with Crippen molar-refractivity contribution in [2.24, 2.45) is 5.92 Å². The number of amides is 2. The van der Waals surface area contributed by atoms with Gasteiger partial charge in [-0.3, -0.25) is 29.8 Å². The third-order valence-corrected chi connectivity index (χ3v) is 5.22. The summed E-state index contributed by atoms with van der Waals surface area (Å²) in [5.41, 5.74) is 4.36. The Labute approximate surface area is 199 Å². The summed E-state index contributed by atoms with van der Waals surface area (Å²) >= 11 is 0. The van der Waals surface area contributed by atoms with Crippen LogP contribution in [0.2, 0.25) is 0 Å². The Morgan fingerprint density at radius 2 is 1.86 bits per heavy atom. The molecule has 3 aromatic rings. The smallest absolute Gasteiger partial charge is 0.333 e. The van der Waals surface area contributed by atoms with Crippen LogP contribution in [0.5, 0.6) is 0 Å². The summed E-state index contributed by atoms with van der Waals surface area (Å²) in [6, 6.07) is 9.26. The van der Waals surface area contributed by atoms with Crippen LogP contribution in [-0.2, 0) is 38.7 Å². The minimum absolute atomic E-state index is 0.0991. The summed E-state index contributed by atoms with van der Waals surface area (Å²) in [5, 5.41) is 0. The van der Waals surface area contributed by atoms with E-state index in [9.17, 15) is 19.2 Å². The van der Waals surface area contributed by atoms with Crippen molar-refractivity contribution in [1.29, 1.82) is 0 Å². The Bertz CT molecular complexity index is 1390. The molecule has 35 heavy (non-hydrogen) atoms. The van der Waals surface area contributed by atoms with E-state index in [-0.39, 0.29) is 36.0 Å². The number of nitrogens with one attached hydrogen (secondary N) is 2. The molecule has 0 bridgehead atoms. The SMILES string of the molecule is CC(C)Cn1cnc2c1c(=O)n(CC(=O)NNC(=O)C1=COCCO1)c(=O)n2Cc1ccccc1. The second kappa shape index (κ2) is 10.3. The number of rotatable bonds is 7. The lowest BCUT2D eigenvalue weighted by Gasteiger charge is -2.16. The van der Waals surface area contributed by atoms with Gasteiger partial charge < -0.3 is 14.0 Å². The Hall–Kier alpha value is -4.35. The van der Waals surface area contributed by atoms with Crippen LogP contribution in [0.25, 0.3) is 11.2 Å². The van der Waals surface area contributed by atoms with Crippen molar-refractivity contribution in [2.75, 3.05) is 13.2 Å². The molecule has 0 aliphatic carbocycles. The van der Waals surface area contributed by atoms with Crippen LogP contribution in [0.4, 0.5) is 0 Å². The molecule has 1 aliphatic rings. The van der Waals surface area contributed by atoms with Gasteiger partial charge in [0.2, 0.25) is 5.76 Å². The average molecular weight is 482 g/mol. The van der Waals surface area contributed by atoms with E-state index in [1.54, 1.807) is 4.57 Å². The number of ether oxygens (including phenoxy) is 2. The van der Waals surface area contributed by atoms with Gasteiger partial charge in [0.25, 0.3) is 11.5 Å². The van der Waals surface area contributed by atoms with Gasteiger partial charge in [-0.05, 0) is 11.5 Å². The summed E-state index contributed by atoms with van der Waals surface area (Å²) in [6.45, 7) is 4.58. The van der Waals surface area contributed by atoms with Crippen LogP contribution in [0.15, 0.2) is 58.3 Å². The second-order valence-corrected chi connectivity index (χ2v) is 8.41. The summed E-state index contributed by atoms with van der Waals surface area (Å²) in [6.07, 6.45) is 2.67. The number of aromatic nitrogens is 4. The van der Waals surface area contributed by atoms with Gasteiger partial charge in [-0.2, -0.15) is 0 Å². The van der Waals surface area contributed by atoms with E-state index in [4.69, 9.17) is 9.47 Å². The monoisotopic (exact) mass is 482 g/mol. The highest BCUT2D eigenvalue weighted by Gasteiger charge is 2.21. The quantitative estimate of drug-likeness (QED) is 0.456. The number of hydrogen-bond donors (Lipinski definition) is 2. The van der Waals surface area contributed by atoms with E-state index in [2.05, 4.69) is 15.8 Å². The van der Waals surface area contributed by atoms with Crippen LogP contribution in [0.1, 0.15) is 19.4 Å². The number of nitrogens with zero attached hydrogens (tertiary/aromatic N) is 4. The molecule has 12 nitrogen and oxygen atoms in total. The fourth-order valence-electron chi connectivity index (χ4n) is 3.68. The zero-order valence-corrected chi connectivity index (χ0v) is 19.4. The van der Waals surface area contributed by atoms with E-state index in [0.717, 1.165) is 16.4 Å². The third kappa shape index (κ3) is 5.26. The summed E-state index contributed by atoms with van der Waals surface area (Å²) in [5.74, 6) is -1.38. The molecule has 2 aromatic heterocycles. The van der Waals surface area contributed by atoms with E-state index in [1.807, 2.05) is 44.2 Å². The van der Waals surface area contributed by atoms with Gasteiger partial charge in [0, 0.05) is 6.54 Å². The van der Waals surface area contributed by atoms with Crippen molar-refractivity contribution < 1.29 is 19.1 Å². The maximum Gasteiger partial charge on any atom is 0.333 e. The Kier molecular flexibility index (Phi) is 6.99. The maximum absolute atomic E-state index is 13.3. The Morgan fingerprint density at radius 3 is 2.54 bits per heavy atom. The molecule has 1 aliphatic heterocycles. The summed E-state index contributed by atoms with van der Waals surface area (Å²) in [4.78, 5) is 55.6. The highest BCUT2D eigenvalue weighted by Crippen LogP contribution is 2.12. The molecule has 0 atom stereocenters. The van der Waals surface area contributed by atoms with Gasteiger partial charge in [0.1, 0.15) is 26.0 Å². The van der Waals surface area contributed by atoms with Crippen molar-refractivity contribution in [2.45, 2.75) is 33.5 Å². The zero-order valence-electron chi connectivity index (χ0n) is 19.4. The van der Waals surface area contributed by atoms with E-state index in [0.29, 0.717) is 13.2 Å². The predicted molar refractivity (Wildman–Crippen MR) is 125 cm³/mol. The molecule has 2 N–H and O–H groups in total. The van der Waals surface area contributed by atoms with Gasteiger partial charge >= 0.3 is 11.6 Å². The molecule has 1 aromatic carbocycles.